The average Bonchev–Trinajstić information content (AvgIpc) is 2.97. The van der Waals surface area contributed by atoms with Gasteiger partial charge in [-0.05, 0) is 59.3 Å². The van der Waals surface area contributed by atoms with E-state index in [0.29, 0.717) is 11.6 Å². The molecule has 1 fully saturated rings. The van der Waals surface area contributed by atoms with Crippen molar-refractivity contribution in [2.24, 2.45) is 7.05 Å². The van der Waals surface area contributed by atoms with Crippen molar-refractivity contribution in [2.75, 3.05) is 6.54 Å². The Labute approximate surface area is 151 Å². The molecule has 0 saturated carbocycles. The van der Waals surface area contributed by atoms with Gasteiger partial charge in [0.1, 0.15) is 5.69 Å². The van der Waals surface area contributed by atoms with Gasteiger partial charge in [0.15, 0.2) is 0 Å². The van der Waals surface area contributed by atoms with Crippen molar-refractivity contribution < 1.29 is 4.79 Å². The molecule has 5 nitrogen and oxygen atoms in total. The Kier molecular flexibility index (Phi) is 5.04. The molecular formula is C18H23BrN4O. The maximum atomic E-state index is 13.0. The summed E-state index contributed by atoms with van der Waals surface area (Å²) in [5.41, 5.74) is 2.66. The zero-order valence-corrected chi connectivity index (χ0v) is 16.0. The third-order valence-corrected chi connectivity index (χ3v) is 5.23. The van der Waals surface area contributed by atoms with E-state index in [1.54, 1.807) is 6.20 Å². The summed E-state index contributed by atoms with van der Waals surface area (Å²) in [6.07, 6.45) is 4.75. The number of aryl methyl sites for hydroxylation is 1. The molecule has 1 aliphatic rings. The zero-order valence-electron chi connectivity index (χ0n) is 14.4. The Hall–Kier alpha value is -1.69. The monoisotopic (exact) mass is 390 g/mol. The minimum absolute atomic E-state index is 0.0241. The molecule has 0 aliphatic carbocycles. The molecule has 1 saturated heterocycles. The van der Waals surface area contributed by atoms with Crippen molar-refractivity contribution in [1.82, 2.24) is 19.7 Å². The van der Waals surface area contributed by atoms with E-state index in [2.05, 4.69) is 40.8 Å². The van der Waals surface area contributed by atoms with Crippen molar-refractivity contribution in [3.63, 3.8) is 0 Å². The lowest BCUT2D eigenvalue weighted by Crippen LogP contribution is -2.39. The van der Waals surface area contributed by atoms with Crippen LogP contribution in [0.1, 0.15) is 66.9 Å². The fourth-order valence-corrected chi connectivity index (χ4v) is 3.79. The van der Waals surface area contributed by atoms with E-state index in [4.69, 9.17) is 5.10 Å². The molecule has 0 radical (unpaired) electrons. The Bertz CT molecular complexity index is 740. The van der Waals surface area contributed by atoms with Gasteiger partial charge < -0.3 is 4.90 Å². The molecule has 6 heteroatoms. The van der Waals surface area contributed by atoms with E-state index >= 15 is 0 Å². The highest BCUT2D eigenvalue weighted by molar-refractivity contribution is 9.10. The molecular weight excluding hydrogens is 368 g/mol. The second-order valence-corrected chi connectivity index (χ2v) is 7.47. The maximum absolute atomic E-state index is 13.0. The van der Waals surface area contributed by atoms with Gasteiger partial charge in [0, 0.05) is 30.0 Å². The second-order valence-electron chi connectivity index (χ2n) is 6.62. The lowest BCUT2D eigenvalue weighted by Gasteiger charge is -2.34. The first-order valence-corrected chi connectivity index (χ1v) is 9.23. The molecule has 1 unspecified atom stereocenters. The molecule has 0 N–H and O–H groups in total. The van der Waals surface area contributed by atoms with Gasteiger partial charge >= 0.3 is 0 Å². The Morgan fingerprint density at radius 3 is 2.83 bits per heavy atom. The largest absolute Gasteiger partial charge is 0.329 e. The van der Waals surface area contributed by atoms with Crippen molar-refractivity contribution >= 4 is 21.8 Å². The third kappa shape index (κ3) is 3.24. The van der Waals surface area contributed by atoms with Gasteiger partial charge in [0.05, 0.1) is 11.7 Å². The highest BCUT2D eigenvalue weighted by Crippen LogP contribution is 2.33. The van der Waals surface area contributed by atoms with Crippen LogP contribution in [-0.4, -0.2) is 32.1 Å². The summed E-state index contributed by atoms with van der Waals surface area (Å²) in [5.74, 6) is 0.387. The summed E-state index contributed by atoms with van der Waals surface area (Å²) in [4.78, 5) is 19.2. The average molecular weight is 391 g/mol. The topological polar surface area (TPSA) is 51.0 Å². The number of rotatable bonds is 3. The number of amides is 1. The number of nitrogens with zero attached hydrogens (tertiary/aromatic N) is 4. The van der Waals surface area contributed by atoms with Crippen LogP contribution in [0.15, 0.2) is 28.9 Å². The maximum Gasteiger partial charge on any atom is 0.274 e. The summed E-state index contributed by atoms with van der Waals surface area (Å²) in [5, 5.41) is 4.69. The number of carbonyl (C=O) groups is 1. The number of hydrogen-bond acceptors (Lipinski definition) is 3. The summed E-state index contributed by atoms with van der Waals surface area (Å²) in [6.45, 7) is 5.07. The van der Waals surface area contributed by atoms with Gasteiger partial charge in [-0.25, -0.2) is 4.98 Å². The predicted octanol–water partition coefficient (Wildman–Crippen LogP) is 4.07. The van der Waals surface area contributed by atoms with Crippen LogP contribution in [0.25, 0.3) is 0 Å². The lowest BCUT2D eigenvalue weighted by atomic mass is 9.98. The SMILES string of the molecule is CC(C)c1cc(C2CCCCN2C(=O)c2ncccc2Br)nn1C. The number of carbonyl (C=O) groups excluding carboxylic acids is 1. The van der Waals surface area contributed by atoms with Gasteiger partial charge in [0.25, 0.3) is 5.91 Å². The Morgan fingerprint density at radius 2 is 2.17 bits per heavy atom. The Balaban J connectivity index is 1.93. The van der Waals surface area contributed by atoms with Crippen LogP contribution in [0.4, 0.5) is 0 Å². The highest BCUT2D eigenvalue weighted by atomic mass is 79.9. The lowest BCUT2D eigenvalue weighted by molar-refractivity contribution is 0.0598. The van der Waals surface area contributed by atoms with Crippen LogP contribution < -0.4 is 0 Å². The number of pyridine rings is 1. The van der Waals surface area contributed by atoms with E-state index in [1.807, 2.05) is 28.8 Å². The molecule has 1 atom stereocenters. The van der Waals surface area contributed by atoms with Crippen LogP contribution in [0.5, 0.6) is 0 Å². The van der Waals surface area contributed by atoms with E-state index in [-0.39, 0.29) is 11.9 Å². The minimum Gasteiger partial charge on any atom is -0.329 e. The summed E-state index contributed by atoms with van der Waals surface area (Å²) >= 11 is 3.44. The van der Waals surface area contributed by atoms with Gasteiger partial charge in [0.2, 0.25) is 0 Å². The summed E-state index contributed by atoms with van der Waals surface area (Å²) < 4.78 is 2.68. The quantitative estimate of drug-likeness (QED) is 0.793. The molecule has 2 aromatic heterocycles. The van der Waals surface area contributed by atoms with Crippen LogP contribution in [0.3, 0.4) is 0 Å². The summed E-state index contributed by atoms with van der Waals surface area (Å²) in [7, 11) is 1.98. The van der Waals surface area contributed by atoms with Gasteiger partial charge in [-0.1, -0.05) is 13.8 Å². The first-order chi connectivity index (χ1) is 11.5. The van der Waals surface area contributed by atoms with Crippen LogP contribution >= 0.6 is 15.9 Å². The molecule has 0 aromatic carbocycles. The number of piperidine rings is 1. The normalized spacial score (nSPS) is 18.2. The Morgan fingerprint density at radius 1 is 1.38 bits per heavy atom. The number of aromatic nitrogens is 3. The van der Waals surface area contributed by atoms with Crippen LogP contribution in [-0.2, 0) is 7.05 Å². The predicted molar refractivity (Wildman–Crippen MR) is 96.9 cm³/mol. The van der Waals surface area contributed by atoms with Gasteiger partial charge in [-0.3, -0.25) is 9.48 Å². The molecule has 24 heavy (non-hydrogen) atoms. The van der Waals surface area contributed by atoms with E-state index in [1.165, 1.54) is 5.69 Å². The number of halogens is 1. The van der Waals surface area contributed by atoms with Crippen LogP contribution in [0.2, 0.25) is 0 Å². The highest BCUT2D eigenvalue weighted by Gasteiger charge is 2.32. The third-order valence-electron chi connectivity index (χ3n) is 4.59. The molecule has 1 aliphatic heterocycles. The van der Waals surface area contributed by atoms with Crippen molar-refractivity contribution in [1.29, 1.82) is 0 Å². The fourth-order valence-electron chi connectivity index (χ4n) is 3.37. The molecule has 1 amide bonds. The smallest absolute Gasteiger partial charge is 0.274 e. The standard InChI is InChI=1S/C18H23BrN4O/c1-12(2)16-11-14(21-22(16)3)15-8-4-5-10-23(15)18(24)17-13(19)7-6-9-20-17/h6-7,9,11-12,15H,4-5,8,10H2,1-3H3. The zero-order chi connectivity index (χ0) is 17.3. The molecule has 0 spiro atoms. The molecule has 128 valence electrons. The van der Waals surface area contributed by atoms with E-state index < -0.39 is 0 Å². The van der Waals surface area contributed by atoms with Crippen molar-refractivity contribution in [2.45, 2.75) is 45.1 Å². The molecule has 2 aromatic rings. The van der Waals surface area contributed by atoms with Gasteiger partial charge in [-0.2, -0.15) is 5.10 Å². The molecule has 3 heterocycles. The van der Waals surface area contributed by atoms with Gasteiger partial charge in [-0.15, -0.1) is 0 Å². The van der Waals surface area contributed by atoms with Crippen LogP contribution in [0, 0.1) is 0 Å². The minimum atomic E-state index is -0.0241. The number of hydrogen-bond donors (Lipinski definition) is 0. The molecule has 0 bridgehead atoms. The van der Waals surface area contributed by atoms with E-state index in [0.717, 1.165) is 36.0 Å². The summed E-state index contributed by atoms with van der Waals surface area (Å²) in [6, 6.07) is 5.85. The van der Waals surface area contributed by atoms with Crippen molar-refractivity contribution in [3.05, 3.63) is 46.0 Å². The second kappa shape index (κ2) is 7.05. The fraction of sp³-hybridized carbons (Fsp3) is 0.500. The first-order valence-electron chi connectivity index (χ1n) is 8.44. The van der Waals surface area contributed by atoms with E-state index in [9.17, 15) is 4.79 Å². The first kappa shape index (κ1) is 17.1. The molecule has 3 rings (SSSR count). The number of likely N-dealkylation sites (tertiary alicyclic amines) is 1. The van der Waals surface area contributed by atoms with Crippen molar-refractivity contribution in [3.8, 4) is 0 Å².